The highest BCUT2D eigenvalue weighted by atomic mass is 16.4. The lowest BCUT2D eigenvalue weighted by Gasteiger charge is -2.02. The fourth-order valence-electron chi connectivity index (χ4n) is 1.83. The Kier molecular flexibility index (Phi) is 3.41. The van der Waals surface area contributed by atoms with Crippen LogP contribution < -0.4 is 5.32 Å². The van der Waals surface area contributed by atoms with Gasteiger partial charge in [-0.3, -0.25) is 0 Å². The molecule has 0 saturated heterocycles. The van der Waals surface area contributed by atoms with Crippen molar-refractivity contribution in [3.8, 4) is 11.5 Å². The Balaban J connectivity index is 1.69. The zero-order chi connectivity index (χ0) is 13.8. The molecule has 20 heavy (non-hydrogen) atoms. The Hall–Kier alpha value is -2.69. The molecule has 3 rings (SSSR count). The monoisotopic (exact) mass is 266 g/mol. The molecule has 0 spiro atoms. The molecule has 0 aliphatic rings. The number of aryl methyl sites for hydroxylation is 1. The van der Waals surface area contributed by atoms with Gasteiger partial charge in [-0.1, -0.05) is 24.3 Å². The minimum atomic E-state index is 0.455. The van der Waals surface area contributed by atoms with Crippen molar-refractivity contribution in [2.45, 2.75) is 13.5 Å². The lowest BCUT2D eigenvalue weighted by molar-refractivity contribution is 0.514. The SMILES string of the molecule is Cc1cccc(NCc2nnc(-c3ccccc3)o2)n1. The Bertz CT molecular complexity index is 694. The normalized spacial score (nSPS) is 10.4. The van der Waals surface area contributed by atoms with E-state index in [0.29, 0.717) is 18.3 Å². The van der Waals surface area contributed by atoms with E-state index in [1.165, 1.54) is 0 Å². The first-order chi connectivity index (χ1) is 9.81. The summed E-state index contributed by atoms with van der Waals surface area (Å²) in [5, 5.41) is 11.2. The number of aromatic nitrogens is 3. The first-order valence-corrected chi connectivity index (χ1v) is 6.36. The summed E-state index contributed by atoms with van der Waals surface area (Å²) in [6.45, 7) is 2.40. The third kappa shape index (κ3) is 2.83. The number of nitrogens with one attached hydrogen (secondary N) is 1. The van der Waals surface area contributed by atoms with Gasteiger partial charge in [0.1, 0.15) is 5.82 Å². The molecule has 5 heteroatoms. The van der Waals surface area contributed by atoms with E-state index in [1.807, 2.05) is 55.5 Å². The number of rotatable bonds is 4. The van der Waals surface area contributed by atoms with Gasteiger partial charge in [-0.2, -0.15) is 0 Å². The highest BCUT2D eigenvalue weighted by molar-refractivity contribution is 5.51. The van der Waals surface area contributed by atoms with Crippen LogP contribution in [0.4, 0.5) is 5.82 Å². The minimum absolute atomic E-state index is 0.455. The number of pyridine rings is 1. The van der Waals surface area contributed by atoms with Gasteiger partial charge in [0.15, 0.2) is 0 Å². The van der Waals surface area contributed by atoms with E-state index < -0.39 is 0 Å². The lowest BCUT2D eigenvalue weighted by atomic mass is 10.2. The predicted molar refractivity (Wildman–Crippen MR) is 76.0 cm³/mol. The lowest BCUT2D eigenvalue weighted by Crippen LogP contribution is -2.01. The molecule has 1 aromatic carbocycles. The molecule has 2 heterocycles. The van der Waals surface area contributed by atoms with Crippen LogP contribution in [0.5, 0.6) is 0 Å². The first-order valence-electron chi connectivity index (χ1n) is 6.36. The van der Waals surface area contributed by atoms with Crippen molar-refractivity contribution >= 4 is 5.82 Å². The van der Waals surface area contributed by atoms with Crippen molar-refractivity contribution < 1.29 is 4.42 Å². The Morgan fingerprint density at radius 1 is 1.00 bits per heavy atom. The van der Waals surface area contributed by atoms with Crippen LogP contribution in [0.2, 0.25) is 0 Å². The standard InChI is InChI=1S/C15H14N4O/c1-11-6-5-9-13(17-11)16-10-14-18-19-15(20-14)12-7-3-2-4-8-12/h2-9H,10H2,1H3,(H,16,17). The Morgan fingerprint density at radius 2 is 1.85 bits per heavy atom. The van der Waals surface area contributed by atoms with Crippen LogP contribution in [0.1, 0.15) is 11.6 Å². The van der Waals surface area contributed by atoms with Crippen molar-refractivity contribution in [2.24, 2.45) is 0 Å². The van der Waals surface area contributed by atoms with Crippen molar-refractivity contribution in [3.05, 3.63) is 60.1 Å². The van der Waals surface area contributed by atoms with Crippen LogP contribution >= 0.6 is 0 Å². The van der Waals surface area contributed by atoms with E-state index in [2.05, 4.69) is 20.5 Å². The van der Waals surface area contributed by atoms with Gasteiger partial charge in [0.2, 0.25) is 11.8 Å². The highest BCUT2D eigenvalue weighted by Crippen LogP contribution is 2.17. The summed E-state index contributed by atoms with van der Waals surface area (Å²) in [5.74, 6) is 1.86. The summed E-state index contributed by atoms with van der Waals surface area (Å²) in [5.41, 5.74) is 1.88. The van der Waals surface area contributed by atoms with E-state index in [4.69, 9.17) is 4.42 Å². The summed E-state index contributed by atoms with van der Waals surface area (Å²) < 4.78 is 5.61. The average molecular weight is 266 g/mol. The predicted octanol–water partition coefficient (Wildman–Crippen LogP) is 3.05. The first kappa shape index (κ1) is 12.3. The van der Waals surface area contributed by atoms with Crippen LogP contribution in [-0.2, 0) is 6.54 Å². The third-order valence-corrected chi connectivity index (χ3v) is 2.80. The maximum atomic E-state index is 5.61. The average Bonchev–Trinajstić information content (AvgIpc) is 2.95. The van der Waals surface area contributed by atoms with Gasteiger partial charge >= 0.3 is 0 Å². The van der Waals surface area contributed by atoms with Crippen LogP contribution in [0.3, 0.4) is 0 Å². The van der Waals surface area contributed by atoms with E-state index in [9.17, 15) is 0 Å². The number of anilines is 1. The minimum Gasteiger partial charge on any atom is -0.419 e. The summed E-state index contributed by atoms with van der Waals surface area (Å²) in [6, 6.07) is 15.5. The topological polar surface area (TPSA) is 63.8 Å². The number of nitrogens with zero attached hydrogens (tertiary/aromatic N) is 3. The molecule has 0 saturated carbocycles. The molecular formula is C15H14N4O. The van der Waals surface area contributed by atoms with Crippen LogP contribution in [0.25, 0.3) is 11.5 Å². The second kappa shape index (κ2) is 5.52. The van der Waals surface area contributed by atoms with Gasteiger partial charge < -0.3 is 9.73 Å². The molecule has 2 aromatic heterocycles. The van der Waals surface area contributed by atoms with Crippen molar-refractivity contribution in [1.29, 1.82) is 0 Å². The quantitative estimate of drug-likeness (QED) is 0.786. The van der Waals surface area contributed by atoms with Crippen molar-refractivity contribution in [3.63, 3.8) is 0 Å². The maximum Gasteiger partial charge on any atom is 0.247 e. The van der Waals surface area contributed by atoms with Gasteiger partial charge in [-0.15, -0.1) is 10.2 Å². The molecule has 0 fully saturated rings. The van der Waals surface area contributed by atoms with E-state index in [-0.39, 0.29) is 0 Å². The molecule has 0 unspecified atom stereocenters. The fraction of sp³-hybridized carbons (Fsp3) is 0.133. The molecule has 0 aliphatic carbocycles. The summed E-state index contributed by atoms with van der Waals surface area (Å²) in [7, 11) is 0. The second-order valence-electron chi connectivity index (χ2n) is 4.38. The molecule has 0 atom stereocenters. The molecule has 3 aromatic rings. The fourth-order valence-corrected chi connectivity index (χ4v) is 1.83. The van der Waals surface area contributed by atoms with Crippen LogP contribution in [0, 0.1) is 6.92 Å². The molecule has 0 amide bonds. The summed E-state index contributed by atoms with van der Waals surface area (Å²) in [4.78, 5) is 4.35. The van der Waals surface area contributed by atoms with E-state index in [1.54, 1.807) is 0 Å². The summed E-state index contributed by atoms with van der Waals surface area (Å²) in [6.07, 6.45) is 0. The smallest absolute Gasteiger partial charge is 0.247 e. The van der Waals surface area contributed by atoms with Crippen molar-refractivity contribution in [1.82, 2.24) is 15.2 Å². The van der Waals surface area contributed by atoms with E-state index in [0.717, 1.165) is 17.1 Å². The zero-order valence-corrected chi connectivity index (χ0v) is 11.1. The van der Waals surface area contributed by atoms with Crippen molar-refractivity contribution in [2.75, 3.05) is 5.32 Å². The van der Waals surface area contributed by atoms with Crippen LogP contribution in [-0.4, -0.2) is 15.2 Å². The number of benzene rings is 1. The third-order valence-electron chi connectivity index (χ3n) is 2.80. The highest BCUT2D eigenvalue weighted by Gasteiger charge is 2.07. The molecule has 0 radical (unpaired) electrons. The molecule has 5 nitrogen and oxygen atoms in total. The van der Waals surface area contributed by atoms with Gasteiger partial charge in [0, 0.05) is 11.3 Å². The van der Waals surface area contributed by atoms with Gasteiger partial charge in [0.05, 0.1) is 6.54 Å². The largest absolute Gasteiger partial charge is 0.419 e. The van der Waals surface area contributed by atoms with Gasteiger partial charge in [0.25, 0.3) is 0 Å². The summed E-state index contributed by atoms with van der Waals surface area (Å²) >= 11 is 0. The molecule has 1 N–H and O–H groups in total. The Labute approximate surface area is 116 Å². The maximum absolute atomic E-state index is 5.61. The van der Waals surface area contributed by atoms with Gasteiger partial charge in [-0.25, -0.2) is 4.98 Å². The molecular weight excluding hydrogens is 252 g/mol. The number of hydrogen-bond acceptors (Lipinski definition) is 5. The van der Waals surface area contributed by atoms with Gasteiger partial charge in [-0.05, 0) is 31.2 Å². The van der Waals surface area contributed by atoms with Crippen LogP contribution in [0.15, 0.2) is 52.9 Å². The van der Waals surface area contributed by atoms with E-state index >= 15 is 0 Å². The zero-order valence-electron chi connectivity index (χ0n) is 11.1. The Morgan fingerprint density at radius 3 is 2.65 bits per heavy atom. The molecule has 0 aliphatic heterocycles. The number of hydrogen-bond donors (Lipinski definition) is 1. The molecule has 0 bridgehead atoms. The second-order valence-corrected chi connectivity index (χ2v) is 4.38. The molecule has 100 valence electrons.